The average molecular weight is 562 g/mol. The van der Waals surface area contributed by atoms with Gasteiger partial charge in [0.05, 0.1) is 11.0 Å². The molecule has 1 aliphatic carbocycles. The second-order valence-corrected chi connectivity index (χ2v) is 12.6. The smallest absolute Gasteiger partial charge is 0.0544 e. The largest absolute Gasteiger partial charge is 0.309 e. The van der Waals surface area contributed by atoms with Gasteiger partial charge in [0, 0.05) is 21.9 Å². The van der Waals surface area contributed by atoms with Gasteiger partial charge < -0.3 is 4.57 Å². The average Bonchev–Trinajstić information content (AvgIpc) is 3.52. The van der Waals surface area contributed by atoms with Crippen molar-refractivity contribution in [2.24, 2.45) is 0 Å². The fourth-order valence-electron chi connectivity index (χ4n) is 7.58. The van der Waals surface area contributed by atoms with E-state index in [0.29, 0.717) is 0 Å². The number of hydrogen-bond acceptors (Lipinski definition) is 0. The van der Waals surface area contributed by atoms with Crippen molar-refractivity contribution in [3.05, 3.63) is 163 Å². The van der Waals surface area contributed by atoms with Gasteiger partial charge in [-0.15, -0.1) is 0 Å². The van der Waals surface area contributed by atoms with Gasteiger partial charge in [-0.2, -0.15) is 0 Å². The van der Waals surface area contributed by atoms with Crippen LogP contribution in [0.4, 0.5) is 0 Å². The molecule has 1 heteroatoms. The minimum atomic E-state index is -0.106. The third-order valence-corrected chi connectivity index (χ3v) is 9.75. The van der Waals surface area contributed by atoms with Crippen molar-refractivity contribution in [2.45, 2.75) is 19.3 Å². The maximum absolute atomic E-state index is 2.49. The molecule has 0 bridgehead atoms. The van der Waals surface area contributed by atoms with Crippen LogP contribution in [0.25, 0.3) is 71.6 Å². The SMILES string of the molecule is CC1(C)c2cc3c(cc2-c2c1ccc1ccccc21)c1ccccc1n3-c1cc(-c2ccccc2)cc(-c2ccccc2)c1. The molecule has 7 aromatic carbocycles. The Morgan fingerprint density at radius 1 is 0.432 bits per heavy atom. The van der Waals surface area contributed by atoms with Crippen molar-refractivity contribution in [2.75, 3.05) is 0 Å². The van der Waals surface area contributed by atoms with E-state index in [9.17, 15) is 0 Å². The van der Waals surface area contributed by atoms with E-state index in [1.165, 1.54) is 82.8 Å². The molecule has 0 N–H and O–H groups in total. The number of aromatic nitrogens is 1. The second-order valence-electron chi connectivity index (χ2n) is 12.6. The van der Waals surface area contributed by atoms with E-state index >= 15 is 0 Å². The summed E-state index contributed by atoms with van der Waals surface area (Å²) in [5, 5.41) is 5.21. The van der Waals surface area contributed by atoms with Gasteiger partial charge in [0.15, 0.2) is 0 Å². The Kier molecular flexibility index (Phi) is 5.31. The topological polar surface area (TPSA) is 4.93 Å². The second kappa shape index (κ2) is 9.30. The van der Waals surface area contributed by atoms with Crippen molar-refractivity contribution in [3.8, 4) is 39.1 Å². The molecule has 0 radical (unpaired) electrons. The van der Waals surface area contributed by atoms with Gasteiger partial charge in [-0.3, -0.25) is 0 Å². The third kappa shape index (κ3) is 3.59. The Hall–Kier alpha value is -5.40. The van der Waals surface area contributed by atoms with Gasteiger partial charge in [0.1, 0.15) is 0 Å². The first-order chi connectivity index (χ1) is 21.6. The van der Waals surface area contributed by atoms with E-state index in [4.69, 9.17) is 0 Å². The highest BCUT2D eigenvalue weighted by Gasteiger charge is 2.37. The number of fused-ring (bicyclic) bond motifs is 8. The standard InChI is InChI=1S/C43H31N/c1-43(2)38-22-21-30-17-9-10-18-34(30)42(38)37-26-36-35-19-11-12-20-40(35)44(41(36)27-39(37)43)33-24-31(28-13-5-3-6-14-28)23-32(25-33)29-15-7-4-8-16-29/h3-27H,1-2H3. The first kappa shape index (κ1) is 25.1. The molecular formula is C43H31N. The highest BCUT2D eigenvalue weighted by atomic mass is 15.0. The minimum Gasteiger partial charge on any atom is -0.309 e. The maximum Gasteiger partial charge on any atom is 0.0544 e. The van der Waals surface area contributed by atoms with E-state index in [2.05, 4.69) is 170 Å². The first-order valence-corrected chi connectivity index (χ1v) is 15.4. The molecule has 1 aromatic heterocycles. The zero-order valence-corrected chi connectivity index (χ0v) is 24.9. The lowest BCUT2D eigenvalue weighted by molar-refractivity contribution is 0.661. The molecule has 0 spiro atoms. The van der Waals surface area contributed by atoms with Crippen LogP contribution in [-0.4, -0.2) is 4.57 Å². The summed E-state index contributed by atoms with van der Waals surface area (Å²) in [6.45, 7) is 4.77. The number of hydrogen-bond donors (Lipinski definition) is 0. The van der Waals surface area contributed by atoms with Crippen LogP contribution < -0.4 is 0 Å². The molecule has 9 rings (SSSR count). The highest BCUT2D eigenvalue weighted by Crippen LogP contribution is 2.53. The van der Waals surface area contributed by atoms with Crippen LogP contribution in [0.2, 0.25) is 0 Å². The molecule has 0 fully saturated rings. The zero-order valence-electron chi connectivity index (χ0n) is 24.9. The predicted molar refractivity (Wildman–Crippen MR) is 187 cm³/mol. The van der Waals surface area contributed by atoms with Crippen molar-refractivity contribution < 1.29 is 0 Å². The number of para-hydroxylation sites is 1. The Bertz CT molecular complexity index is 2330. The molecule has 0 saturated carbocycles. The normalized spacial score (nSPS) is 13.4. The molecule has 0 aliphatic heterocycles. The molecule has 44 heavy (non-hydrogen) atoms. The summed E-state index contributed by atoms with van der Waals surface area (Å²) in [5.41, 5.74) is 14.0. The van der Waals surface area contributed by atoms with Gasteiger partial charge in [-0.05, 0) is 91.7 Å². The summed E-state index contributed by atoms with van der Waals surface area (Å²) in [5.74, 6) is 0. The number of rotatable bonds is 3. The minimum absolute atomic E-state index is 0.106. The number of nitrogens with zero attached hydrogens (tertiary/aromatic N) is 1. The van der Waals surface area contributed by atoms with Crippen LogP contribution in [0.15, 0.2) is 152 Å². The lowest BCUT2D eigenvalue weighted by Gasteiger charge is -2.22. The zero-order chi connectivity index (χ0) is 29.4. The van der Waals surface area contributed by atoms with E-state index < -0.39 is 0 Å². The monoisotopic (exact) mass is 561 g/mol. The summed E-state index contributed by atoms with van der Waals surface area (Å²) in [6, 6.07) is 55.8. The van der Waals surface area contributed by atoms with Crippen molar-refractivity contribution >= 4 is 32.6 Å². The van der Waals surface area contributed by atoms with Crippen LogP contribution >= 0.6 is 0 Å². The molecular weight excluding hydrogens is 530 g/mol. The summed E-state index contributed by atoms with van der Waals surface area (Å²) in [6.07, 6.45) is 0. The van der Waals surface area contributed by atoms with Crippen molar-refractivity contribution in [1.82, 2.24) is 4.57 Å². The summed E-state index contributed by atoms with van der Waals surface area (Å²) >= 11 is 0. The van der Waals surface area contributed by atoms with Crippen LogP contribution in [0, 0.1) is 0 Å². The lowest BCUT2D eigenvalue weighted by Crippen LogP contribution is -2.15. The lowest BCUT2D eigenvalue weighted by atomic mass is 9.82. The molecule has 0 amide bonds. The van der Waals surface area contributed by atoms with Crippen molar-refractivity contribution in [1.29, 1.82) is 0 Å². The molecule has 1 nitrogen and oxygen atoms in total. The summed E-state index contributed by atoms with van der Waals surface area (Å²) < 4.78 is 2.49. The van der Waals surface area contributed by atoms with Crippen LogP contribution in [0.3, 0.4) is 0 Å². The van der Waals surface area contributed by atoms with Crippen molar-refractivity contribution in [3.63, 3.8) is 0 Å². The molecule has 208 valence electrons. The Morgan fingerprint density at radius 3 is 1.75 bits per heavy atom. The third-order valence-electron chi connectivity index (χ3n) is 9.75. The van der Waals surface area contributed by atoms with Crippen LogP contribution in [0.5, 0.6) is 0 Å². The predicted octanol–water partition coefficient (Wildman–Crippen LogP) is 11.6. The van der Waals surface area contributed by atoms with Gasteiger partial charge >= 0.3 is 0 Å². The van der Waals surface area contributed by atoms with E-state index in [-0.39, 0.29) is 5.41 Å². The Labute approximate surface area is 257 Å². The summed E-state index contributed by atoms with van der Waals surface area (Å²) in [4.78, 5) is 0. The highest BCUT2D eigenvalue weighted by molar-refractivity contribution is 6.13. The maximum atomic E-state index is 2.49. The molecule has 1 aliphatic rings. The Balaban J connectivity index is 1.37. The fourth-order valence-corrected chi connectivity index (χ4v) is 7.58. The quantitative estimate of drug-likeness (QED) is 0.202. The van der Waals surface area contributed by atoms with Gasteiger partial charge in [0.2, 0.25) is 0 Å². The van der Waals surface area contributed by atoms with Gasteiger partial charge in [0.25, 0.3) is 0 Å². The van der Waals surface area contributed by atoms with E-state index in [1.807, 2.05) is 0 Å². The fraction of sp³-hybridized carbons (Fsp3) is 0.0698. The molecule has 0 atom stereocenters. The summed E-state index contributed by atoms with van der Waals surface area (Å²) in [7, 11) is 0. The molecule has 8 aromatic rings. The van der Waals surface area contributed by atoms with E-state index in [1.54, 1.807) is 0 Å². The molecule has 0 unspecified atom stereocenters. The van der Waals surface area contributed by atoms with Crippen LogP contribution in [0.1, 0.15) is 25.0 Å². The van der Waals surface area contributed by atoms with Gasteiger partial charge in [-0.1, -0.05) is 129 Å². The Morgan fingerprint density at radius 2 is 1.05 bits per heavy atom. The molecule has 0 saturated heterocycles. The number of benzene rings is 7. The van der Waals surface area contributed by atoms with E-state index in [0.717, 1.165) is 0 Å². The first-order valence-electron chi connectivity index (χ1n) is 15.4. The van der Waals surface area contributed by atoms with Crippen LogP contribution in [-0.2, 0) is 5.41 Å². The van der Waals surface area contributed by atoms with Gasteiger partial charge in [-0.25, -0.2) is 0 Å². The molecule has 1 heterocycles.